The number of para-hydroxylation sites is 1. The fourth-order valence-corrected chi connectivity index (χ4v) is 2.77. The predicted molar refractivity (Wildman–Crippen MR) is 69.9 cm³/mol. The van der Waals surface area contributed by atoms with E-state index in [1.165, 1.54) is 0 Å². The molecule has 18 heavy (non-hydrogen) atoms. The van der Waals surface area contributed by atoms with E-state index in [2.05, 4.69) is 4.98 Å². The lowest BCUT2D eigenvalue weighted by molar-refractivity contribution is -0.147. The Kier molecular flexibility index (Phi) is 2.52. The predicted octanol–water partition coefficient (Wildman–Crippen LogP) is 3.39. The zero-order chi connectivity index (χ0) is 12.8. The number of rotatable bonds is 2. The molecule has 1 saturated carbocycles. The lowest BCUT2D eigenvalue weighted by Gasteiger charge is -2.37. The largest absolute Gasteiger partial charge is 0.481 e. The van der Waals surface area contributed by atoms with Crippen LogP contribution in [-0.2, 0) is 10.2 Å². The standard InChI is InChI=1S/C14H12ClNO2/c15-11-4-1-3-9-7-10(8-16-12(9)11)14(13(17)18)5-2-6-14/h1,3-4,7-8H,2,5-6H2,(H,17,18). The molecule has 0 amide bonds. The van der Waals surface area contributed by atoms with Gasteiger partial charge in [-0.05, 0) is 30.5 Å². The Morgan fingerprint density at radius 1 is 1.39 bits per heavy atom. The van der Waals surface area contributed by atoms with E-state index in [9.17, 15) is 9.90 Å². The van der Waals surface area contributed by atoms with Gasteiger partial charge in [0, 0.05) is 11.6 Å². The van der Waals surface area contributed by atoms with Crippen molar-refractivity contribution in [3.05, 3.63) is 41.0 Å². The number of aliphatic carboxylic acids is 1. The minimum atomic E-state index is -0.753. The van der Waals surface area contributed by atoms with Gasteiger partial charge in [0.05, 0.1) is 16.0 Å². The Labute approximate surface area is 109 Å². The summed E-state index contributed by atoms with van der Waals surface area (Å²) >= 11 is 6.06. The molecule has 0 saturated heterocycles. The van der Waals surface area contributed by atoms with Crippen LogP contribution in [0.1, 0.15) is 24.8 Å². The molecule has 0 unspecified atom stereocenters. The fraction of sp³-hybridized carbons (Fsp3) is 0.286. The summed E-state index contributed by atoms with van der Waals surface area (Å²) in [5.41, 5.74) is 0.780. The van der Waals surface area contributed by atoms with Crippen molar-refractivity contribution in [1.29, 1.82) is 0 Å². The zero-order valence-electron chi connectivity index (χ0n) is 9.69. The van der Waals surface area contributed by atoms with Crippen LogP contribution in [-0.4, -0.2) is 16.1 Å². The number of fused-ring (bicyclic) bond motifs is 1. The topological polar surface area (TPSA) is 50.2 Å². The van der Waals surface area contributed by atoms with Crippen LogP contribution >= 0.6 is 11.6 Å². The maximum atomic E-state index is 11.5. The Morgan fingerprint density at radius 2 is 2.17 bits per heavy atom. The van der Waals surface area contributed by atoms with Crippen LogP contribution in [0.2, 0.25) is 5.02 Å². The summed E-state index contributed by atoms with van der Waals surface area (Å²) in [6.45, 7) is 0. The van der Waals surface area contributed by atoms with Crippen molar-refractivity contribution in [2.75, 3.05) is 0 Å². The summed E-state index contributed by atoms with van der Waals surface area (Å²) in [6, 6.07) is 7.45. The molecule has 0 radical (unpaired) electrons. The van der Waals surface area contributed by atoms with Gasteiger partial charge < -0.3 is 5.11 Å². The smallest absolute Gasteiger partial charge is 0.314 e. The molecule has 1 aliphatic carbocycles. The molecule has 3 rings (SSSR count). The van der Waals surface area contributed by atoms with Crippen LogP contribution in [0.25, 0.3) is 10.9 Å². The van der Waals surface area contributed by atoms with Gasteiger partial charge in [-0.2, -0.15) is 0 Å². The van der Waals surface area contributed by atoms with E-state index >= 15 is 0 Å². The van der Waals surface area contributed by atoms with E-state index < -0.39 is 11.4 Å². The van der Waals surface area contributed by atoms with Gasteiger partial charge in [0.25, 0.3) is 0 Å². The summed E-state index contributed by atoms with van der Waals surface area (Å²) in [7, 11) is 0. The summed E-state index contributed by atoms with van der Waals surface area (Å²) in [5.74, 6) is -0.753. The molecule has 1 heterocycles. The Bertz CT molecular complexity index is 635. The molecule has 4 heteroatoms. The number of benzene rings is 1. The number of nitrogens with zero attached hydrogens (tertiary/aromatic N) is 1. The molecule has 0 atom stereocenters. The van der Waals surface area contributed by atoms with Crippen molar-refractivity contribution < 1.29 is 9.90 Å². The van der Waals surface area contributed by atoms with Crippen LogP contribution in [0, 0.1) is 0 Å². The van der Waals surface area contributed by atoms with Crippen LogP contribution in [0.15, 0.2) is 30.5 Å². The van der Waals surface area contributed by atoms with E-state index in [4.69, 9.17) is 11.6 Å². The minimum absolute atomic E-state index is 0.594. The van der Waals surface area contributed by atoms with Crippen LogP contribution < -0.4 is 0 Å². The van der Waals surface area contributed by atoms with Gasteiger partial charge in [0.15, 0.2) is 0 Å². The van der Waals surface area contributed by atoms with Gasteiger partial charge in [-0.25, -0.2) is 0 Å². The first-order valence-electron chi connectivity index (χ1n) is 5.92. The maximum absolute atomic E-state index is 11.5. The van der Waals surface area contributed by atoms with E-state index in [-0.39, 0.29) is 0 Å². The van der Waals surface area contributed by atoms with Crippen LogP contribution in [0.5, 0.6) is 0 Å². The summed E-state index contributed by atoms with van der Waals surface area (Å²) in [6.07, 6.45) is 3.99. The lowest BCUT2D eigenvalue weighted by Crippen LogP contribution is -2.42. The molecule has 92 valence electrons. The van der Waals surface area contributed by atoms with Gasteiger partial charge in [0.2, 0.25) is 0 Å². The minimum Gasteiger partial charge on any atom is -0.481 e. The van der Waals surface area contributed by atoms with Crippen molar-refractivity contribution in [3.8, 4) is 0 Å². The van der Waals surface area contributed by atoms with Gasteiger partial charge in [-0.1, -0.05) is 30.2 Å². The summed E-state index contributed by atoms with van der Waals surface area (Å²) in [4.78, 5) is 15.8. The highest BCUT2D eigenvalue weighted by Crippen LogP contribution is 2.44. The quantitative estimate of drug-likeness (QED) is 0.901. The average molecular weight is 262 g/mol. The third-order valence-corrected chi connectivity index (χ3v) is 4.14. The van der Waals surface area contributed by atoms with Gasteiger partial charge >= 0.3 is 5.97 Å². The molecule has 1 N–H and O–H groups in total. The van der Waals surface area contributed by atoms with Crippen molar-refractivity contribution in [2.45, 2.75) is 24.7 Å². The molecule has 1 aromatic carbocycles. The Morgan fingerprint density at radius 3 is 2.78 bits per heavy atom. The molecule has 0 aliphatic heterocycles. The Hall–Kier alpha value is -1.61. The second kappa shape index (κ2) is 3.95. The summed E-state index contributed by atoms with van der Waals surface area (Å²) < 4.78 is 0. The number of aromatic nitrogens is 1. The van der Waals surface area contributed by atoms with E-state index in [1.54, 1.807) is 12.3 Å². The number of hydrogen-bond acceptors (Lipinski definition) is 2. The van der Waals surface area contributed by atoms with E-state index in [0.29, 0.717) is 17.9 Å². The van der Waals surface area contributed by atoms with Crippen molar-refractivity contribution in [2.24, 2.45) is 0 Å². The normalized spacial score (nSPS) is 17.4. The molecule has 1 aliphatic rings. The van der Waals surface area contributed by atoms with Crippen LogP contribution in [0.4, 0.5) is 0 Å². The molecular formula is C14H12ClNO2. The van der Waals surface area contributed by atoms with Gasteiger partial charge in [-0.3, -0.25) is 9.78 Å². The van der Waals surface area contributed by atoms with Crippen LogP contribution in [0.3, 0.4) is 0 Å². The first-order valence-corrected chi connectivity index (χ1v) is 6.29. The van der Waals surface area contributed by atoms with Crippen molar-refractivity contribution >= 4 is 28.5 Å². The number of carbonyl (C=O) groups is 1. The monoisotopic (exact) mass is 261 g/mol. The first-order chi connectivity index (χ1) is 8.63. The second-order valence-electron chi connectivity index (χ2n) is 4.78. The fourth-order valence-electron chi connectivity index (χ4n) is 2.54. The molecular weight excluding hydrogens is 250 g/mol. The second-order valence-corrected chi connectivity index (χ2v) is 5.18. The number of halogens is 1. The molecule has 1 fully saturated rings. The van der Waals surface area contributed by atoms with E-state index in [0.717, 1.165) is 22.9 Å². The van der Waals surface area contributed by atoms with Crippen molar-refractivity contribution in [3.63, 3.8) is 0 Å². The lowest BCUT2D eigenvalue weighted by atomic mass is 9.65. The third-order valence-electron chi connectivity index (χ3n) is 3.83. The number of carboxylic acid groups (broad SMARTS) is 1. The highest BCUT2D eigenvalue weighted by Gasteiger charge is 2.46. The Balaban J connectivity index is 2.17. The number of hydrogen-bond donors (Lipinski definition) is 1. The highest BCUT2D eigenvalue weighted by atomic mass is 35.5. The zero-order valence-corrected chi connectivity index (χ0v) is 10.4. The molecule has 1 aromatic heterocycles. The molecule has 0 bridgehead atoms. The average Bonchev–Trinajstić information content (AvgIpc) is 2.27. The molecule has 3 nitrogen and oxygen atoms in total. The summed E-state index contributed by atoms with van der Waals surface area (Å²) in [5, 5.41) is 10.9. The SMILES string of the molecule is O=C(O)C1(c2cnc3c(Cl)cccc3c2)CCC1. The van der Waals surface area contributed by atoms with E-state index in [1.807, 2.05) is 18.2 Å². The first kappa shape index (κ1) is 11.5. The highest BCUT2D eigenvalue weighted by molar-refractivity contribution is 6.35. The molecule has 2 aromatic rings. The van der Waals surface area contributed by atoms with Gasteiger partial charge in [-0.15, -0.1) is 0 Å². The van der Waals surface area contributed by atoms with Gasteiger partial charge in [0.1, 0.15) is 0 Å². The third kappa shape index (κ3) is 1.51. The number of pyridine rings is 1. The maximum Gasteiger partial charge on any atom is 0.314 e. The number of carboxylic acids is 1. The van der Waals surface area contributed by atoms with Crippen molar-refractivity contribution in [1.82, 2.24) is 4.98 Å². The molecule has 0 spiro atoms.